The highest BCUT2D eigenvalue weighted by Crippen LogP contribution is 2.47. The molecule has 18 heteroatoms. The van der Waals surface area contributed by atoms with Crippen LogP contribution in [-0.4, -0.2) is 86.6 Å². The van der Waals surface area contributed by atoms with E-state index in [-0.39, 0.29) is 42.0 Å². The summed E-state index contributed by atoms with van der Waals surface area (Å²) in [5.41, 5.74) is 7.73. The minimum Gasteiger partial charge on any atom is -0.497 e. The zero-order chi connectivity index (χ0) is 46.3. The zero-order valence-corrected chi connectivity index (χ0v) is 42.6. The van der Waals surface area contributed by atoms with Crippen LogP contribution in [0.5, 0.6) is 17.2 Å². The van der Waals surface area contributed by atoms with Crippen molar-refractivity contribution < 1.29 is 36.6 Å². The lowest BCUT2D eigenvalue weighted by molar-refractivity contribution is 0.0596. The number of benzene rings is 4. The summed E-state index contributed by atoms with van der Waals surface area (Å²) in [6.07, 6.45) is -1.59. The summed E-state index contributed by atoms with van der Waals surface area (Å²) in [6, 6.07) is 25.8. The fraction of sp³-hybridized carbons (Fsp3) is 0.422. The molecule has 340 valence electrons. The van der Waals surface area contributed by atoms with Crippen LogP contribution in [0.1, 0.15) is 58.2 Å². The van der Waals surface area contributed by atoms with E-state index in [1.807, 2.05) is 60.7 Å². The minimum absolute atomic E-state index is 0.0153. The van der Waals surface area contributed by atoms with Gasteiger partial charge in [0.2, 0.25) is 15.8 Å². The maximum absolute atomic E-state index is 15.9. The Bertz CT molecular complexity index is 2370. The molecule has 4 aromatic carbocycles. The van der Waals surface area contributed by atoms with Gasteiger partial charge in [-0.1, -0.05) is 77.9 Å². The predicted octanol–water partition coefficient (Wildman–Crippen LogP) is 9.40. The number of thioether (sulfide) groups is 1. The number of tetrazole rings is 1. The number of primary amides is 1. The van der Waals surface area contributed by atoms with E-state index >= 15 is 8.42 Å². The van der Waals surface area contributed by atoms with Gasteiger partial charge in [-0.05, 0) is 117 Å². The fourth-order valence-electron chi connectivity index (χ4n) is 6.48. The lowest BCUT2D eigenvalue weighted by Crippen LogP contribution is -2.51. The number of nitrogens with two attached hydrogens (primary N) is 1. The molecule has 2 unspecified atom stereocenters. The van der Waals surface area contributed by atoms with Crippen molar-refractivity contribution in [2.45, 2.75) is 100 Å². The van der Waals surface area contributed by atoms with Crippen molar-refractivity contribution >= 4 is 58.8 Å². The Morgan fingerprint density at radius 1 is 0.810 bits per heavy atom. The molecule has 0 spiro atoms. The summed E-state index contributed by atoms with van der Waals surface area (Å²) in [4.78, 5) is 14.0. The number of halogens is 1. The molecular formula is C45H59IN6O8S2Si. The standard InChI is InChI=1S/C45H59IN6O8S2Si/c1-44(2,3)41(37(29-59-43(47)53)60-63(10,11)45(4,5)6)61-38-25-24-36(46)39(42-48-50-52(49-42)28-32-16-22-35(58-9)23-17-32)40(38)62(54,55)51(26-30-12-18-33(56-7)19-13-30)27-31-14-20-34(57-8)21-15-31/h12-25,37,41H,26-29H2,1-11H3,(H2,47,53). The Labute approximate surface area is 390 Å². The quantitative estimate of drug-likeness (QED) is 0.0473. The van der Waals surface area contributed by atoms with Crippen molar-refractivity contribution in [1.82, 2.24) is 24.5 Å². The number of hydrogen-bond donors (Lipinski definition) is 1. The van der Waals surface area contributed by atoms with Gasteiger partial charge in [0.15, 0.2) is 8.32 Å². The van der Waals surface area contributed by atoms with Gasteiger partial charge in [-0.3, -0.25) is 0 Å². The fourth-order valence-corrected chi connectivity index (χ4v) is 12.2. The van der Waals surface area contributed by atoms with Crippen LogP contribution in [0.25, 0.3) is 11.4 Å². The smallest absolute Gasteiger partial charge is 0.404 e. The van der Waals surface area contributed by atoms with E-state index in [1.165, 1.54) is 20.9 Å². The monoisotopic (exact) mass is 1030 g/mol. The maximum atomic E-state index is 15.9. The number of carbonyl (C=O) groups excluding carboxylic acids is 1. The van der Waals surface area contributed by atoms with Gasteiger partial charge in [0.1, 0.15) is 28.8 Å². The number of rotatable bonds is 19. The summed E-state index contributed by atoms with van der Waals surface area (Å²) in [7, 11) is -2.17. The number of nitrogens with zero attached hydrogens (tertiary/aromatic N) is 5. The van der Waals surface area contributed by atoms with Crippen LogP contribution < -0.4 is 19.9 Å². The molecule has 5 rings (SSSR count). The second-order valence-electron chi connectivity index (χ2n) is 17.7. The number of hydrogen-bond acceptors (Lipinski definition) is 12. The number of methoxy groups -OCH3 is 3. The number of sulfonamides is 1. The average molecular weight is 1030 g/mol. The summed E-state index contributed by atoms with van der Waals surface area (Å²) in [5.74, 6) is 2.15. The van der Waals surface area contributed by atoms with Gasteiger partial charge in [0, 0.05) is 26.8 Å². The Morgan fingerprint density at radius 2 is 1.30 bits per heavy atom. The third-order valence-electron chi connectivity index (χ3n) is 11.0. The maximum Gasteiger partial charge on any atom is 0.404 e. The van der Waals surface area contributed by atoms with E-state index < -0.39 is 41.2 Å². The SMILES string of the molecule is COc1ccc(CN(Cc2ccc(OC)cc2)S(=O)(=O)c2c(SC(C(COC(N)=O)O[Si](C)(C)C(C)(C)C)C(C)(C)C)ccc(I)c2-c2nnn(Cc3ccc(OC)cc3)n2)cc1. The number of amides is 1. The lowest BCUT2D eigenvalue weighted by atomic mass is 9.88. The van der Waals surface area contributed by atoms with Crippen LogP contribution in [0.4, 0.5) is 4.79 Å². The van der Waals surface area contributed by atoms with Gasteiger partial charge < -0.3 is 29.1 Å². The molecule has 1 heterocycles. The van der Waals surface area contributed by atoms with E-state index in [2.05, 4.69) is 87.5 Å². The van der Waals surface area contributed by atoms with Gasteiger partial charge in [-0.25, -0.2) is 13.2 Å². The molecule has 63 heavy (non-hydrogen) atoms. The molecule has 0 bridgehead atoms. The third-order valence-corrected chi connectivity index (χ3v) is 20.2. The van der Waals surface area contributed by atoms with Crippen molar-refractivity contribution in [1.29, 1.82) is 0 Å². The van der Waals surface area contributed by atoms with Crippen LogP contribution in [-0.2, 0) is 38.8 Å². The van der Waals surface area contributed by atoms with E-state index in [0.29, 0.717) is 31.3 Å². The van der Waals surface area contributed by atoms with E-state index in [9.17, 15) is 4.79 Å². The third kappa shape index (κ3) is 12.7. The van der Waals surface area contributed by atoms with Crippen molar-refractivity contribution in [3.05, 3.63) is 105 Å². The van der Waals surface area contributed by atoms with E-state index in [0.717, 1.165) is 16.7 Å². The second kappa shape index (κ2) is 20.7. The van der Waals surface area contributed by atoms with Gasteiger partial charge in [0.05, 0.1) is 39.5 Å². The number of carbonyl (C=O) groups is 1. The molecule has 5 aromatic rings. The van der Waals surface area contributed by atoms with Crippen molar-refractivity contribution in [2.75, 3.05) is 27.9 Å². The molecule has 0 saturated carbocycles. The highest BCUT2D eigenvalue weighted by atomic mass is 127. The van der Waals surface area contributed by atoms with Crippen LogP contribution in [0.3, 0.4) is 0 Å². The number of ether oxygens (including phenoxy) is 4. The molecular weight excluding hydrogens is 972 g/mol. The molecule has 1 aromatic heterocycles. The molecule has 0 saturated heterocycles. The Balaban J connectivity index is 1.74. The first-order valence-corrected chi connectivity index (χ1v) is 26.6. The summed E-state index contributed by atoms with van der Waals surface area (Å²) in [5, 5.41) is 13.0. The molecule has 14 nitrogen and oxygen atoms in total. The molecule has 0 aliphatic rings. The van der Waals surface area contributed by atoms with Gasteiger partial charge in [-0.2, -0.15) is 9.10 Å². The van der Waals surface area contributed by atoms with Crippen LogP contribution >= 0.6 is 34.4 Å². The van der Waals surface area contributed by atoms with E-state index in [4.69, 9.17) is 34.2 Å². The van der Waals surface area contributed by atoms with Crippen molar-refractivity contribution in [3.63, 3.8) is 0 Å². The van der Waals surface area contributed by atoms with Crippen LogP contribution in [0.2, 0.25) is 18.1 Å². The topological polar surface area (TPSA) is 170 Å². The van der Waals surface area contributed by atoms with Gasteiger partial charge in [0.25, 0.3) is 0 Å². The molecule has 0 aliphatic heterocycles. The lowest BCUT2D eigenvalue weighted by Gasteiger charge is -2.44. The van der Waals surface area contributed by atoms with Crippen molar-refractivity contribution in [2.24, 2.45) is 11.1 Å². The minimum atomic E-state index is -4.44. The molecule has 1 amide bonds. The Morgan fingerprint density at radius 3 is 1.75 bits per heavy atom. The van der Waals surface area contributed by atoms with Gasteiger partial charge >= 0.3 is 6.09 Å². The molecule has 2 atom stereocenters. The van der Waals surface area contributed by atoms with Crippen LogP contribution in [0.15, 0.2) is 94.7 Å². The first kappa shape index (κ1) is 49.8. The van der Waals surface area contributed by atoms with Crippen LogP contribution in [0, 0.1) is 8.99 Å². The average Bonchev–Trinajstić information content (AvgIpc) is 3.69. The predicted molar refractivity (Wildman–Crippen MR) is 257 cm³/mol. The van der Waals surface area contributed by atoms with Gasteiger partial charge in [-0.15, -0.1) is 22.0 Å². The number of aromatic nitrogens is 4. The first-order valence-electron chi connectivity index (χ1n) is 20.3. The molecule has 2 N–H and O–H groups in total. The van der Waals surface area contributed by atoms with E-state index in [1.54, 1.807) is 45.6 Å². The molecule has 0 aliphatic carbocycles. The summed E-state index contributed by atoms with van der Waals surface area (Å²) in [6.45, 7) is 17.0. The summed E-state index contributed by atoms with van der Waals surface area (Å²) >= 11 is 3.50. The largest absolute Gasteiger partial charge is 0.497 e. The molecule has 0 fully saturated rings. The first-order chi connectivity index (χ1) is 29.6. The zero-order valence-electron chi connectivity index (χ0n) is 37.8. The van der Waals surface area contributed by atoms with Crippen molar-refractivity contribution in [3.8, 4) is 28.6 Å². The second-order valence-corrected chi connectivity index (χ2v) is 26.6. The Hall–Kier alpha value is -4.21. The molecule has 0 radical (unpaired) electrons. The highest BCUT2D eigenvalue weighted by molar-refractivity contribution is 14.1. The Kier molecular flexibility index (Phi) is 16.4. The normalized spacial score (nSPS) is 13.4. The summed E-state index contributed by atoms with van der Waals surface area (Å²) < 4.78 is 62.7. The highest BCUT2D eigenvalue weighted by Gasteiger charge is 2.45.